The molecule has 2 aliphatic carbocycles. The van der Waals surface area contributed by atoms with E-state index >= 15 is 0 Å². The van der Waals surface area contributed by atoms with Crippen molar-refractivity contribution >= 4 is 11.6 Å². The maximum atomic E-state index is 13.1. The zero-order valence-corrected chi connectivity index (χ0v) is 15.8. The number of carbonyl (C=O) groups excluding carboxylic acids is 1. The molecule has 0 unspecified atom stereocenters. The van der Waals surface area contributed by atoms with E-state index in [1.165, 1.54) is 12.3 Å². The number of amides is 1. The van der Waals surface area contributed by atoms with Gasteiger partial charge in [0, 0.05) is 12.6 Å². The van der Waals surface area contributed by atoms with Crippen LogP contribution in [0.1, 0.15) is 51.9 Å². The predicted molar refractivity (Wildman–Crippen MR) is 95.9 cm³/mol. The van der Waals surface area contributed by atoms with Crippen LogP contribution in [-0.2, 0) is 4.79 Å². The van der Waals surface area contributed by atoms with E-state index in [1.54, 1.807) is 11.0 Å². The number of anilines is 1. The summed E-state index contributed by atoms with van der Waals surface area (Å²) in [6.07, 6.45) is 0.577. The lowest BCUT2D eigenvalue weighted by Crippen LogP contribution is -2.44. The molecule has 28 heavy (non-hydrogen) atoms. The van der Waals surface area contributed by atoms with Gasteiger partial charge in [0.1, 0.15) is 0 Å². The van der Waals surface area contributed by atoms with Crippen LogP contribution in [-0.4, -0.2) is 40.4 Å². The Morgan fingerprint density at radius 3 is 2.43 bits per heavy atom. The van der Waals surface area contributed by atoms with Crippen molar-refractivity contribution in [2.45, 2.75) is 69.8 Å². The Morgan fingerprint density at radius 1 is 1.21 bits per heavy atom. The molecular formula is C20H25F3N2O3. The topological polar surface area (TPSA) is 62.7 Å². The highest BCUT2D eigenvalue weighted by Gasteiger charge is 2.54. The van der Waals surface area contributed by atoms with Gasteiger partial charge in [-0.2, -0.15) is 13.2 Å². The summed E-state index contributed by atoms with van der Waals surface area (Å²) < 4.78 is 42.6. The van der Waals surface area contributed by atoms with Crippen LogP contribution in [0.5, 0.6) is 5.88 Å². The summed E-state index contributed by atoms with van der Waals surface area (Å²) in [6.45, 7) is 1.48. The molecule has 5 nitrogen and oxygen atoms in total. The van der Waals surface area contributed by atoms with Crippen molar-refractivity contribution in [3.63, 3.8) is 0 Å². The Balaban J connectivity index is 1.41. The van der Waals surface area contributed by atoms with Gasteiger partial charge in [-0.05, 0) is 63.9 Å². The number of nitrogens with zero attached hydrogens (tertiary/aromatic N) is 2. The normalized spacial score (nSPS) is 32.0. The third-order valence-electron chi connectivity index (χ3n) is 6.71. The summed E-state index contributed by atoms with van der Waals surface area (Å²) in [5.41, 5.74) is -0.465. The van der Waals surface area contributed by atoms with E-state index in [9.17, 15) is 23.1 Å². The molecular weight excluding hydrogens is 373 g/mol. The van der Waals surface area contributed by atoms with Gasteiger partial charge in [-0.25, -0.2) is 4.98 Å². The van der Waals surface area contributed by atoms with Crippen LogP contribution in [0.2, 0.25) is 0 Å². The molecule has 1 aliphatic heterocycles. The predicted octanol–water partition coefficient (Wildman–Crippen LogP) is 3.85. The first-order valence-corrected chi connectivity index (χ1v) is 9.87. The molecule has 1 N–H and O–H groups in total. The summed E-state index contributed by atoms with van der Waals surface area (Å²) in [4.78, 5) is 18.7. The van der Waals surface area contributed by atoms with E-state index < -0.39 is 23.3 Å². The average Bonchev–Trinajstić information content (AvgIpc) is 3.45. The van der Waals surface area contributed by atoms with Gasteiger partial charge < -0.3 is 14.7 Å². The minimum atomic E-state index is -4.46. The first-order valence-electron chi connectivity index (χ1n) is 9.87. The highest BCUT2D eigenvalue weighted by atomic mass is 19.4. The van der Waals surface area contributed by atoms with Crippen LogP contribution in [0, 0.1) is 11.3 Å². The summed E-state index contributed by atoms with van der Waals surface area (Å²) in [5, 5.41) is 10.8. The second kappa shape index (κ2) is 6.61. The molecule has 1 aromatic heterocycles. The molecule has 2 saturated carbocycles. The monoisotopic (exact) mass is 398 g/mol. The van der Waals surface area contributed by atoms with Gasteiger partial charge in [-0.15, -0.1) is 0 Å². The second-order valence-electron chi connectivity index (χ2n) is 8.52. The fourth-order valence-corrected chi connectivity index (χ4v) is 4.57. The number of hydrogen-bond donors (Lipinski definition) is 1. The Labute approximate surface area is 161 Å². The standard InChI is InChI=1S/C20H25F3N2O3/c1-13(20(21,22)23)28-16-5-4-15(12-24-16)25-11-10-18(17(25)26)6-8-19(27,9-7-18)14-2-3-14/h4-5,12-14,27H,2-3,6-11H2,1H3/t13-,18-,19-/m1/s1. The molecule has 4 rings (SSSR count). The summed E-state index contributed by atoms with van der Waals surface area (Å²) in [5.74, 6) is 0.305. The number of aliphatic hydroxyl groups is 1. The highest BCUT2D eigenvalue weighted by molar-refractivity contribution is 5.99. The van der Waals surface area contributed by atoms with E-state index in [2.05, 4.69) is 4.98 Å². The van der Waals surface area contributed by atoms with Crippen molar-refractivity contribution in [3.05, 3.63) is 18.3 Å². The van der Waals surface area contributed by atoms with E-state index in [0.29, 0.717) is 43.8 Å². The summed E-state index contributed by atoms with van der Waals surface area (Å²) >= 11 is 0. The summed E-state index contributed by atoms with van der Waals surface area (Å²) in [7, 11) is 0. The first kappa shape index (κ1) is 19.5. The van der Waals surface area contributed by atoms with Crippen molar-refractivity contribution in [3.8, 4) is 5.88 Å². The molecule has 0 radical (unpaired) electrons. The van der Waals surface area contributed by atoms with Gasteiger partial charge in [-0.1, -0.05) is 0 Å². The lowest BCUT2D eigenvalue weighted by molar-refractivity contribution is -0.189. The fraction of sp³-hybridized carbons (Fsp3) is 0.700. The third kappa shape index (κ3) is 3.47. The van der Waals surface area contributed by atoms with Gasteiger partial charge in [-0.3, -0.25) is 4.79 Å². The number of ether oxygens (including phenoxy) is 1. The maximum absolute atomic E-state index is 13.1. The molecule has 2 heterocycles. The van der Waals surface area contributed by atoms with Gasteiger partial charge in [0.25, 0.3) is 0 Å². The lowest BCUT2D eigenvalue weighted by Gasteiger charge is -2.41. The van der Waals surface area contributed by atoms with Gasteiger partial charge in [0.2, 0.25) is 11.8 Å². The molecule has 1 amide bonds. The molecule has 3 fully saturated rings. The van der Waals surface area contributed by atoms with E-state index in [-0.39, 0.29) is 11.8 Å². The van der Waals surface area contributed by atoms with Crippen molar-refractivity contribution in [2.75, 3.05) is 11.4 Å². The Kier molecular flexibility index (Phi) is 4.60. The fourth-order valence-electron chi connectivity index (χ4n) is 4.57. The van der Waals surface area contributed by atoms with Crippen molar-refractivity contribution < 1.29 is 27.8 Å². The number of aromatic nitrogens is 1. The van der Waals surface area contributed by atoms with Crippen LogP contribution in [0.3, 0.4) is 0 Å². The number of alkyl halides is 3. The molecule has 1 saturated heterocycles. The van der Waals surface area contributed by atoms with Crippen LogP contribution in [0.25, 0.3) is 0 Å². The van der Waals surface area contributed by atoms with E-state index in [4.69, 9.17) is 4.74 Å². The van der Waals surface area contributed by atoms with Crippen LogP contribution >= 0.6 is 0 Å². The Hall–Kier alpha value is -1.83. The molecule has 1 spiro atoms. The zero-order valence-electron chi connectivity index (χ0n) is 15.8. The average molecular weight is 398 g/mol. The van der Waals surface area contributed by atoms with Gasteiger partial charge >= 0.3 is 6.18 Å². The SMILES string of the molecule is C[C@@H](Oc1ccc(N2CC[C@]3(CC[C@](O)(C4CC4)CC3)C2=O)cn1)C(F)(F)F. The minimum Gasteiger partial charge on any atom is -0.465 e. The Morgan fingerprint density at radius 2 is 1.89 bits per heavy atom. The van der Waals surface area contributed by atoms with Crippen molar-refractivity contribution in [2.24, 2.45) is 11.3 Å². The first-order chi connectivity index (χ1) is 13.1. The maximum Gasteiger partial charge on any atom is 0.425 e. The second-order valence-corrected chi connectivity index (χ2v) is 8.52. The van der Waals surface area contributed by atoms with Gasteiger partial charge in [0.05, 0.1) is 22.9 Å². The van der Waals surface area contributed by atoms with E-state index in [0.717, 1.165) is 26.2 Å². The largest absolute Gasteiger partial charge is 0.465 e. The molecule has 1 atom stereocenters. The lowest BCUT2D eigenvalue weighted by atomic mass is 9.66. The van der Waals surface area contributed by atoms with Crippen LogP contribution in [0.4, 0.5) is 18.9 Å². The minimum absolute atomic E-state index is 0.0319. The molecule has 0 aromatic carbocycles. The van der Waals surface area contributed by atoms with Crippen LogP contribution < -0.4 is 9.64 Å². The summed E-state index contributed by atoms with van der Waals surface area (Å²) in [6, 6.07) is 2.94. The van der Waals surface area contributed by atoms with Gasteiger partial charge in [0.15, 0.2) is 6.10 Å². The number of halogens is 3. The number of hydrogen-bond acceptors (Lipinski definition) is 4. The molecule has 1 aromatic rings. The van der Waals surface area contributed by atoms with Crippen molar-refractivity contribution in [1.29, 1.82) is 0 Å². The smallest absolute Gasteiger partial charge is 0.425 e. The zero-order chi connectivity index (χ0) is 20.2. The molecule has 3 aliphatic rings. The third-order valence-corrected chi connectivity index (χ3v) is 6.71. The number of pyridine rings is 1. The molecule has 154 valence electrons. The quantitative estimate of drug-likeness (QED) is 0.837. The number of carbonyl (C=O) groups is 1. The highest BCUT2D eigenvalue weighted by Crippen LogP contribution is 2.54. The van der Waals surface area contributed by atoms with Crippen LogP contribution in [0.15, 0.2) is 18.3 Å². The Bertz CT molecular complexity index is 738. The molecule has 0 bridgehead atoms. The van der Waals surface area contributed by atoms with E-state index in [1.807, 2.05) is 0 Å². The number of rotatable bonds is 4. The van der Waals surface area contributed by atoms with Crippen molar-refractivity contribution in [1.82, 2.24) is 4.98 Å². The molecule has 8 heteroatoms.